The zero-order valence-corrected chi connectivity index (χ0v) is 9.68. The lowest BCUT2D eigenvalue weighted by Gasteiger charge is -2.08. The van der Waals surface area contributed by atoms with Crippen LogP contribution in [0.2, 0.25) is 0 Å². The minimum absolute atomic E-state index is 0.362. The molecule has 3 N–H and O–H groups in total. The maximum Gasteiger partial charge on any atom is 0.341 e. The molecule has 1 aromatic carbocycles. The fourth-order valence-corrected chi connectivity index (χ4v) is 1.15. The third-order valence-corrected chi connectivity index (χ3v) is 1.86. The molecule has 0 saturated heterocycles. The van der Waals surface area contributed by atoms with E-state index in [0.717, 1.165) is 0 Å². The number of ether oxygens (including phenoxy) is 1. The molecule has 0 aromatic heterocycles. The Morgan fingerprint density at radius 1 is 1.44 bits per heavy atom. The number of carboxylic acid groups (broad SMARTS) is 1. The highest BCUT2D eigenvalue weighted by atomic mass is 16.5. The van der Waals surface area contributed by atoms with Crippen molar-refractivity contribution < 1.29 is 19.4 Å². The number of benzene rings is 1. The Bertz CT molecular complexity index is 445. The Balaban J connectivity index is 2.55. The van der Waals surface area contributed by atoms with E-state index in [0.29, 0.717) is 18.0 Å². The van der Waals surface area contributed by atoms with Gasteiger partial charge in [-0.1, -0.05) is 12.1 Å². The SMILES string of the molecule is C=CCNC(=O)Nc1cccc(OCC(=O)O)c1. The first-order valence-corrected chi connectivity index (χ1v) is 5.22. The Labute approximate surface area is 104 Å². The summed E-state index contributed by atoms with van der Waals surface area (Å²) < 4.78 is 4.98. The van der Waals surface area contributed by atoms with Gasteiger partial charge in [0.15, 0.2) is 6.61 Å². The van der Waals surface area contributed by atoms with E-state index in [1.54, 1.807) is 24.3 Å². The molecule has 0 unspecified atom stereocenters. The van der Waals surface area contributed by atoms with Crippen molar-refractivity contribution in [3.05, 3.63) is 36.9 Å². The molecule has 2 amide bonds. The lowest BCUT2D eigenvalue weighted by Crippen LogP contribution is -2.28. The van der Waals surface area contributed by atoms with Crippen LogP contribution in [0.25, 0.3) is 0 Å². The minimum Gasteiger partial charge on any atom is -0.482 e. The maximum atomic E-state index is 11.3. The van der Waals surface area contributed by atoms with Gasteiger partial charge in [0.1, 0.15) is 5.75 Å². The van der Waals surface area contributed by atoms with Crippen LogP contribution in [0.5, 0.6) is 5.75 Å². The smallest absolute Gasteiger partial charge is 0.341 e. The summed E-state index contributed by atoms with van der Waals surface area (Å²) in [5.74, 6) is -0.684. The number of carbonyl (C=O) groups excluding carboxylic acids is 1. The highest BCUT2D eigenvalue weighted by Crippen LogP contribution is 2.17. The number of hydrogen-bond acceptors (Lipinski definition) is 3. The molecule has 1 rings (SSSR count). The number of amides is 2. The van der Waals surface area contributed by atoms with Gasteiger partial charge in [0, 0.05) is 18.3 Å². The van der Waals surface area contributed by atoms with Gasteiger partial charge in [-0.2, -0.15) is 0 Å². The molecular formula is C12H14N2O4. The second kappa shape index (κ2) is 6.95. The van der Waals surface area contributed by atoms with Crippen LogP contribution in [-0.4, -0.2) is 30.3 Å². The summed E-state index contributed by atoms with van der Waals surface area (Å²) in [6.07, 6.45) is 1.56. The molecule has 6 heteroatoms. The van der Waals surface area contributed by atoms with Gasteiger partial charge in [-0.3, -0.25) is 0 Å². The van der Waals surface area contributed by atoms with Crippen LogP contribution in [0.4, 0.5) is 10.5 Å². The van der Waals surface area contributed by atoms with E-state index in [-0.39, 0.29) is 6.03 Å². The van der Waals surface area contributed by atoms with Gasteiger partial charge in [-0.25, -0.2) is 9.59 Å². The molecule has 0 spiro atoms. The first-order valence-electron chi connectivity index (χ1n) is 5.22. The summed E-state index contributed by atoms with van der Waals surface area (Å²) in [6, 6.07) is 6.10. The zero-order valence-electron chi connectivity index (χ0n) is 9.68. The van der Waals surface area contributed by atoms with Crippen molar-refractivity contribution in [2.45, 2.75) is 0 Å². The van der Waals surface area contributed by atoms with Gasteiger partial charge < -0.3 is 20.5 Å². The summed E-state index contributed by atoms with van der Waals surface area (Å²) in [4.78, 5) is 21.7. The second-order valence-corrected chi connectivity index (χ2v) is 3.33. The van der Waals surface area contributed by atoms with Gasteiger partial charge in [0.2, 0.25) is 0 Å². The molecule has 0 radical (unpaired) electrons. The molecule has 0 aliphatic rings. The average Bonchev–Trinajstić information content (AvgIpc) is 2.34. The molecule has 6 nitrogen and oxygen atoms in total. The van der Waals surface area contributed by atoms with Gasteiger partial charge in [0.05, 0.1) is 0 Å². The van der Waals surface area contributed by atoms with Crippen LogP contribution < -0.4 is 15.4 Å². The van der Waals surface area contributed by atoms with E-state index in [1.807, 2.05) is 0 Å². The largest absolute Gasteiger partial charge is 0.482 e. The zero-order chi connectivity index (χ0) is 13.4. The number of hydrogen-bond donors (Lipinski definition) is 3. The predicted octanol–water partition coefficient (Wildman–Crippen LogP) is 1.46. The molecule has 0 heterocycles. The standard InChI is InChI=1S/C12H14N2O4/c1-2-6-13-12(17)14-9-4-3-5-10(7-9)18-8-11(15)16/h2-5,7H,1,6,8H2,(H,15,16)(H2,13,14,17). The van der Waals surface area contributed by atoms with E-state index in [2.05, 4.69) is 17.2 Å². The highest BCUT2D eigenvalue weighted by molar-refractivity contribution is 5.89. The van der Waals surface area contributed by atoms with Gasteiger partial charge in [0.25, 0.3) is 0 Å². The number of carbonyl (C=O) groups is 2. The van der Waals surface area contributed by atoms with Crippen LogP contribution in [0, 0.1) is 0 Å². The molecule has 1 aromatic rings. The van der Waals surface area contributed by atoms with Crippen molar-refractivity contribution in [2.24, 2.45) is 0 Å². The summed E-state index contributed by atoms with van der Waals surface area (Å²) >= 11 is 0. The van der Waals surface area contributed by atoms with E-state index in [1.165, 1.54) is 6.07 Å². The number of carboxylic acids is 1. The van der Waals surface area contributed by atoms with Gasteiger partial charge in [-0.05, 0) is 12.1 Å². The van der Waals surface area contributed by atoms with Crippen molar-refractivity contribution in [3.8, 4) is 5.75 Å². The normalized spacial score (nSPS) is 9.33. The second-order valence-electron chi connectivity index (χ2n) is 3.33. The number of aliphatic carboxylic acids is 1. The lowest BCUT2D eigenvalue weighted by molar-refractivity contribution is -0.139. The average molecular weight is 250 g/mol. The van der Waals surface area contributed by atoms with Crippen LogP contribution in [0.1, 0.15) is 0 Å². The summed E-state index contributed by atoms with van der Waals surface area (Å²) in [5.41, 5.74) is 0.513. The summed E-state index contributed by atoms with van der Waals surface area (Å²) in [7, 11) is 0. The van der Waals surface area contributed by atoms with Crippen LogP contribution >= 0.6 is 0 Å². The monoisotopic (exact) mass is 250 g/mol. The first kappa shape index (κ1) is 13.6. The number of nitrogens with one attached hydrogen (secondary N) is 2. The van der Waals surface area contributed by atoms with Crippen molar-refractivity contribution >= 4 is 17.7 Å². The molecule has 0 aliphatic carbocycles. The van der Waals surface area contributed by atoms with E-state index < -0.39 is 12.6 Å². The quantitative estimate of drug-likeness (QED) is 0.667. The molecule has 96 valence electrons. The molecule has 18 heavy (non-hydrogen) atoms. The topological polar surface area (TPSA) is 87.7 Å². The first-order chi connectivity index (χ1) is 8.61. The molecule has 0 saturated carbocycles. The van der Waals surface area contributed by atoms with E-state index in [4.69, 9.17) is 9.84 Å². The Kier molecular flexibility index (Phi) is 5.24. The van der Waals surface area contributed by atoms with E-state index >= 15 is 0 Å². The Morgan fingerprint density at radius 3 is 2.89 bits per heavy atom. The molecule has 0 aliphatic heterocycles. The maximum absolute atomic E-state index is 11.3. The number of urea groups is 1. The van der Waals surface area contributed by atoms with Crippen LogP contribution in [0.3, 0.4) is 0 Å². The molecule has 0 fully saturated rings. The van der Waals surface area contributed by atoms with Crippen molar-refractivity contribution in [2.75, 3.05) is 18.5 Å². The predicted molar refractivity (Wildman–Crippen MR) is 66.8 cm³/mol. The molecule has 0 bridgehead atoms. The van der Waals surface area contributed by atoms with Gasteiger partial charge in [-0.15, -0.1) is 6.58 Å². The summed E-state index contributed by atoms with van der Waals surface area (Å²) in [5, 5.41) is 13.6. The fraction of sp³-hybridized carbons (Fsp3) is 0.167. The van der Waals surface area contributed by atoms with Crippen molar-refractivity contribution in [1.82, 2.24) is 5.32 Å². The van der Waals surface area contributed by atoms with Crippen molar-refractivity contribution in [1.29, 1.82) is 0 Å². The number of anilines is 1. The third kappa shape index (κ3) is 5.02. The Hall–Kier alpha value is -2.50. The van der Waals surface area contributed by atoms with Crippen molar-refractivity contribution in [3.63, 3.8) is 0 Å². The highest BCUT2D eigenvalue weighted by Gasteiger charge is 2.03. The minimum atomic E-state index is -1.06. The molecular weight excluding hydrogens is 236 g/mol. The van der Waals surface area contributed by atoms with Crippen LogP contribution in [0.15, 0.2) is 36.9 Å². The van der Waals surface area contributed by atoms with Crippen LogP contribution in [-0.2, 0) is 4.79 Å². The number of rotatable bonds is 6. The fourth-order valence-electron chi connectivity index (χ4n) is 1.15. The van der Waals surface area contributed by atoms with E-state index in [9.17, 15) is 9.59 Å². The Morgan fingerprint density at radius 2 is 2.22 bits per heavy atom. The van der Waals surface area contributed by atoms with Gasteiger partial charge >= 0.3 is 12.0 Å². The third-order valence-electron chi connectivity index (χ3n) is 1.86. The molecule has 0 atom stereocenters. The summed E-state index contributed by atoms with van der Waals surface area (Å²) in [6.45, 7) is 3.41. The lowest BCUT2D eigenvalue weighted by atomic mass is 10.3.